The van der Waals surface area contributed by atoms with Gasteiger partial charge in [0.1, 0.15) is 5.75 Å². The Hall–Kier alpha value is -3.49. The molecule has 1 saturated heterocycles. The number of hydrogen-bond donors (Lipinski definition) is 2. The number of amides is 1. The average Bonchev–Trinajstić information content (AvgIpc) is 3.47. The molecule has 0 radical (unpaired) electrons. The summed E-state index contributed by atoms with van der Waals surface area (Å²) in [6, 6.07) is 22.0. The monoisotopic (exact) mass is 505 g/mol. The number of phenolic OH excluding ortho intramolecular Hbond substituents is 1. The summed E-state index contributed by atoms with van der Waals surface area (Å²) in [7, 11) is 0. The van der Waals surface area contributed by atoms with E-state index in [2.05, 4.69) is 10.2 Å². The Bertz CT molecular complexity index is 1380. The SMILES string of the molecule is O=C(Cc1ccc2oc(=O)n(Cc3ccccc3)c2c1)N[C@H](CN1CCCC1)c1cccc(O)c1.S. The van der Waals surface area contributed by atoms with E-state index in [4.69, 9.17) is 4.42 Å². The summed E-state index contributed by atoms with van der Waals surface area (Å²) in [6.45, 7) is 3.13. The predicted octanol–water partition coefficient (Wildman–Crippen LogP) is 3.96. The Morgan fingerprint density at radius 3 is 2.50 bits per heavy atom. The number of oxazole rings is 1. The number of nitrogens with one attached hydrogen (secondary N) is 1. The van der Waals surface area contributed by atoms with Gasteiger partial charge in [-0.3, -0.25) is 9.36 Å². The fourth-order valence-electron chi connectivity index (χ4n) is 4.76. The fraction of sp³-hybridized carbons (Fsp3) is 0.286. The van der Waals surface area contributed by atoms with Crippen molar-refractivity contribution >= 4 is 30.5 Å². The zero-order valence-electron chi connectivity index (χ0n) is 20.0. The van der Waals surface area contributed by atoms with E-state index in [1.807, 2.05) is 48.5 Å². The molecular weight excluding hydrogens is 474 g/mol. The molecule has 1 aromatic heterocycles. The molecule has 1 amide bonds. The van der Waals surface area contributed by atoms with Crippen LogP contribution in [0.5, 0.6) is 5.75 Å². The van der Waals surface area contributed by atoms with Gasteiger partial charge in [0.25, 0.3) is 0 Å². The van der Waals surface area contributed by atoms with Crippen molar-refractivity contribution in [1.82, 2.24) is 14.8 Å². The van der Waals surface area contributed by atoms with Crippen molar-refractivity contribution in [3.63, 3.8) is 0 Å². The van der Waals surface area contributed by atoms with Crippen molar-refractivity contribution in [2.24, 2.45) is 0 Å². The molecule has 36 heavy (non-hydrogen) atoms. The van der Waals surface area contributed by atoms with Gasteiger partial charge in [0.05, 0.1) is 24.5 Å². The molecule has 7 nitrogen and oxygen atoms in total. The van der Waals surface area contributed by atoms with Crippen LogP contribution in [0.1, 0.15) is 35.6 Å². The quantitative estimate of drug-likeness (QED) is 0.379. The van der Waals surface area contributed by atoms with E-state index in [1.165, 1.54) is 0 Å². The smallest absolute Gasteiger partial charge is 0.420 e. The molecule has 0 bridgehead atoms. The number of hydrogen-bond acceptors (Lipinski definition) is 5. The Kier molecular flexibility index (Phi) is 8.18. The van der Waals surface area contributed by atoms with Crippen LogP contribution in [0, 0.1) is 0 Å². The maximum atomic E-state index is 13.1. The third kappa shape index (κ3) is 6.01. The lowest BCUT2D eigenvalue weighted by Crippen LogP contribution is -2.37. The average molecular weight is 506 g/mol. The van der Waals surface area contributed by atoms with Crippen molar-refractivity contribution in [2.75, 3.05) is 19.6 Å². The van der Waals surface area contributed by atoms with Gasteiger partial charge in [0.15, 0.2) is 5.58 Å². The van der Waals surface area contributed by atoms with Crippen molar-refractivity contribution in [3.05, 3.63) is 100 Å². The molecule has 1 aliphatic rings. The maximum absolute atomic E-state index is 13.1. The van der Waals surface area contributed by atoms with Gasteiger partial charge in [-0.15, -0.1) is 0 Å². The third-order valence-electron chi connectivity index (χ3n) is 6.53. The largest absolute Gasteiger partial charge is 0.508 e. The van der Waals surface area contributed by atoms with E-state index in [1.54, 1.807) is 28.8 Å². The number of fused-ring (bicyclic) bond motifs is 1. The van der Waals surface area contributed by atoms with Crippen LogP contribution in [0.25, 0.3) is 11.1 Å². The lowest BCUT2D eigenvalue weighted by Gasteiger charge is -2.25. The normalized spacial score (nSPS) is 14.4. The van der Waals surface area contributed by atoms with Gasteiger partial charge in [-0.1, -0.05) is 48.5 Å². The van der Waals surface area contributed by atoms with E-state index in [0.29, 0.717) is 24.2 Å². The van der Waals surface area contributed by atoms with Crippen molar-refractivity contribution in [2.45, 2.75) is 31.8 Å². The lowest BCUT2D eigenvalue weighted by molar-refractivity contribution is -0.121. The highest BCUT2D eigenvalue weighted by atomic mass is 32.1. The maximum Gasteiger partial charge on any atom is 0.420 e. The highest BCUT2D eigenvalue weighted by Crippen LogP contribution is 2.22. The molecule has 1 fully saturated rings. The van der Waals surface area contributed by atoms with Crippen molar-refractivity contribution in [1.29, 1.82) is 0 Å². The van der Waals surface area contributed by atoms with Gasteiger partial charge < -0.3 is 19.7 Å². The minimum absolute atomic E-state index is 0. The minimum Gasteiger partial charge on any atom is -0.508 e. The Morgan fingerprint density at radius 2 is 1.75 bits per heavy atom. The van der Waals surface area contributed by atoms with Crippen LogP contribution < -0.4 is 11.1 Å². The number of aromatic hydroxyl groups is 1. The zero-order valence-corrected chi connectivity index (χ0v) is 21.0. The van der Waals surface area contributed by atoms with Crippen molar-refractivity contribution in [3.8, 4) is 5.75 Å². The van der Waals surface area contributed by atoms with Crippen LogP contribution >= 0.6 is 13.5 Å². The Labute approximate surface area is 216 Å². The number of rotatable bonds is 8. The first-order chi connectivity index (χ1) is 17.0. The number of carbonyl (C=O) groups is 1. The minimum atomic E-state index is -0.417. The molecule has 4 aromatic rings. The Morgan fingerprint density at radius 1 is 0.972 bits per heavy atom. The highest BCUT2D eigenvalue weighted by Gasteiger charge is 2.21. The topological polar surface area (TPSA) is 87.7 Å². The molecule has 0 aliphatic carbocycles. The van der Waals surface area contributed by atoms with E-state index in [0.717, 1.165) is 42.6 Å². The number of likely N-dealkylation sites (tertiary alicyclic amines) is 1. The summed E-state index contributed by atoms with van der Waals surface area (Å²) >= 11 is 0. The second kappa shape index (κ2) is 11.5. The van der Waals surface area contributed by atoms with E-state index < -0.39 is 5.76 Å². The number of nitrogens with zero attached hydrogens (tertiary/aromatic N) is 2. The molecule has 8 heteroatoms. The second-order valence-electron chi connectivity index (χ2n) is 9.14. The van der Waals surface area contributed by atoms with Crippen LogP contribution in [0.15, 0.2) is 82.0 Å². The van der Waals surface area contributed by atoms with Gasteiger partial charge in [-0.25, -0.2) is 4.79 Å². The molecular formula is C28H31N3O4S. The zero-order chi connectivity index (χ0) is 24.2. The van der Waals surface area contributed by atoms with Crippen molar-refractivity contribution < 1.29 is 14.3 Å². The van der Waals surface area contributed by atoms with E-state index >= 15 is 0 Å². The first-order valence-corrected chi connectivity index (χ1v) is 12.0. The molecule has 0 unspecified atom stereocenters. The van der Waals surface area contributed by atoms with E-state index in [9.17, 15) is 14.7 Å². The summed E-state index contributed by atoms with van der Waals surface area (Å²) in [5, 5.41) is 13.1. The third-order valence-corrected chi connectivity index (χ3v) is 6.53. The first-order valence-electron chi connectivity index (χ1n) is 12.0. The number of carbonyl (C=O) groups excluding carboxylic acids is 1. The van der Waals surface area contributed by atoms with E-state index in [-0.39, 0.29) is 37.6 Å². The highest BCUT2D eigenvalue weighted by molar-refractivity contribution is 7.59. The van der Waals surface area contributed by atoms with Crippen LogP contribution in [0.2, 0.25) is 0 Å². The standard InChI is InChI=1S/C28H29N3O4.H2S/c32-23-10-6-9-22(17-23)24(19-30-13-4-5-14-30)29-27(33)16-21-11-12-26-25(15-21)31(28(34)35-26)18-20-7-2-1-3-8-20;/h1-3,6-12,15,17,24,32H,4-5,13-14,16,18-19H2,(H,29,33);1H2/t24-;/m1./s1. The number of aromatic nitrogens is 1. The van der Waals surface area contributed by atoms with Gasteiger partial charge in [0.2, 0.25) is 5.91 Å². The van der Waals surface area contributed by atoms with Crippen LogP contribution in [-0.4, -0.2) is 40.1 Å². The molecule has 188 valence electrons. The summed E-state index contributed by atoms with van der Waals surface area (Å²) < 4.78 is 7.01. The molecule has 2 heterocycles. The molecule has 1 aliphatic heterocycles. The molecule has 2 N–H and O–H groups in total. The fourth-order valence-corrected chi connectivity index (χ4v) is 4.76. The van der Waals surface area contributed by atoms with Gasteiger partial charge in [-0.2, -0.15) is 13.5 Å². The molecule has 3 aromatic carbocycles. The van der Waals surface area contributed by atoms with Gasteiger partial charge >= 0.3 is 5.76 Å². The number of benzene rings is 3. The van der Waals surface area contributed by atoms with Gasteiger partial charge in [-0.05, 0) is 66.9 Å². The predicted molar refractivity (Wildman–Crippen MR) is 145 cm³/mol. The van der Waals surface area contributed by atoms with Gasteiger partial charge in [0, 0.05) is 6.54 Å². The summed E-state index contributed by atoms with van der Waals surface area (Å²) in [5.41, 5.74) is 3.85. The van der Waals surface area contributed by atoms with Crippen LogP contribution in [-0.2, 0) is 17.8 Å². The lowest BCUT2D eigenvalue weighted by atomic mass is 10.0. The Balaban J connectivity index is 0.00000304. The summed E-state index contributed by atoms with van der Waals surface area (Å²) in [5.74, 6) is -0.345. The molecule has 0 saturated carbocycles. The molecule has 0 spiro atoms. The summed E-state index contributed by atoms with van der Waals surface area (Å²) in [4.78, 5) is 27.9. The van der Waals surface area contributed by atoms with Crippen LogP contribution in [0.4, 0.5) is 0 Å². The first kappa shape index (κ1) is 25.6. The van der Waals surface area contributed by atoms with Crippen LogP contribution in [0.3, 0.4) is 0 Å². The molecule has 1 atom stereocenters. The molecule has 5 rings (SSSR count). The second-order valence-corrected chi connectivity index (χ2v) is 9.14. The summed E-state index contributed by atoms with van der Waals surface area (Å²) in [6.07, 6.45) is 2.50. The number of phenols is 1.